The summed E-state index contributed by atoms with van der Waals surface area (Å²) in [5, 5.41) is 4.46. The molecule has 21 heavy (non-hydrogen) atoms. The van der Waals surface area contributed by atoms with Crippen molar-refractivity contribution in [2.24, 2.45) is 0 Å². The van der Waals surface area contributed by atoms with Gasteiger partial charge < -0.3 is 4.74 Å². The van der Waals surface area contributed by atoms with Crippen LogP contribution in [-0.4, -0.2) is 22.1 Å². The molecule has 1 aromatic heterocycles. The van der Waals surface area contributed by atoms with Crippen LogP contribution >= 0.6 is 23.2 Å². The summed E-state index contributed by atoms with van der Waals surface area (Å²) in [5.74, 6) is 0.640. The van der Waals surface area contributed by atoms with Crippen LogP contribution < -0.4 is 4.74 Å². The number of methoxy groups -OCH3 is 1. The summed E-state index contributed by atoms with van der Waals surface area (Å²) in [6, 6.07) is 5.34. The molecule has 6 heteroatoms. The van der Waals surface area contributed by atoms with E-state index in [-0.39, 0.29) is 5.92 Å². The zero-order chi connectivity index (χ0) is 15.7. The van der Waals surface area contributed by atoms with Crippen LogP contribution in [-0.2, 0) is 0 Å². The zero-order valence-corrected chi connectivity index (χ0v) is 13.8. The number of carbonyl (C=O) groups is 1. The van der Waals surface area contributed by atoms with E-state index in [0.29, 0.717) is 22.0 Å². The highest BCUT2D eigenvalue weighted by Crippen LogP contribution is 2.31. The normalized spacial score (nSPS) is 11.0. The number of nitrogens with zero attached hydrogens (tertiary/aromatic N) is 2. The first-order valence-corrected chi connectivity index (χ1v) is 7.25. The molecule has 0 fully saturated rings. The van der Waals surface area contributed by atoms with Gasteiger partial charge in [-0.1, -0.05) is 25.4 Å². The first-order valence-electron chi connectivity index (χ1n) is 6.50. The van der Waals surface area contributed by atoms with E-state index in [1.54, 1.807) is 30.8 Å². The average Bonchev–Trinajstić information content (AvgIpc) is 2.77. The van der Waals surface area contributed by atoms with E-state index in [0.717, 1.165) is 11.4 Å². The van der Waals surface area contributed by atoms with Crippen molar-refractivity contribution >= 4 is 28.4 Å². The van der Waals surface area contributed by atoms with Crippen molar-refractivity contribution in [1.29, 1.82) is 0 Å². The maximum Gasteiger partial charge on any atom is 0.256 e. The number of hydrogen-bond donors (Lipinski definition) is 0. The fraction of sp³-hybridized carbons (Fsp3) is 0.333. The Morgan fingerprint density at radius 3 is 2.57 bits per heavy atom. The van der Waals surface area contributed by atoms with Crippen LogP contribution in [0.25, 0.3) is 5.69 Å². The summed E-state index contributed by atoms with van der Waals surface area (Å²) < 4.78 is 6.94. The Bertz CT molecular complexity index is 693. The summed E-state index contributed by atoms with van der Waals surface area (Å²) in [5.41, 5.74) is 2.61. The van der Waals surface area contributed by atoms with Gasteiger partial charge in [-0.3, -0.25) is 4.79 Å². The number of carbonyl (C=O) groups excluding carboxylic acids is 1. The Hall–Kier alpha value is -1.52. The number of aryl methyl sites for hydroxylation is 1. The van der Waals surface area contributed by atoms with E-state index in [4.69, 9.17) is 27.9 Å². The minimum atomic E-state index is -0.497. The molecule has 0 spiro atoms. The van der Waals surface area contributed by atoms with Crippen molar-refractivity contribution in [3.05, 3.63) is 40.2 Å². The molecule has 0 unspecified atom stereocenters. The maximum absolute atomic E-state index is 11.7. The second-order valence-electron chi connectivity index (χ2n) is 5.00. The van der Waals surface area contributed by atoms with Gasteiger partial charge in [-0.25, -0.2) is 4.68 Å². The molecule has 4 nitrogen and oxygen atoms in total. The number of rotatable bonds is 4. The third-order valence-corrected chi connectivity index (χ3v) is 3.72. The Labute approximate surface area is 133 Å². The van der Waals surface area contributed by atoms with Crippen LogP contribution in [0.5, 0.6) is 5.75 Å². The second-order valence-corrected chi connectivity index (χ2v) is 5.76. The van der Waals surface area contributed by atoms with E-state index in [9.17, 15) is 4.79 Å². The SMILES string of the molecule is COc1cc(-n2nc(C)c(C(=O)Cl)c2C(C)C)ccc1Cl. The van der Waals surface area contributed by atoms with Crippen LogP contribution in [0.15, 0.2) is 18.2 Å². The third-order valence-electron chi connectivity index (χ3n) is 3.22. The van der Waals surface area contributed by atoms with Crippen molar-refractivity contribution in [3.63, 3.8) is 0 Å². The van der Waals surface area contributed by atoms with Crippen molar-refractivity contribution in [3.8, 4) is 11.4 Å². The van der Waals surface area contributed by atoms with E-state index in [2.05, 4.69) is 5.10 Å². The van der Waals surface area contributed by atoms with Gasteiger partial charge in [0, 0.05) is 6.07 Å². The molecular weight excluding hydrogens is 311 g/mol. The predicted molar refractivity (Wildman–Crippen MR) is 84.1 cm³/mol. The van der Waals surface area contributed by atoms with Gasteiger partial charge in [0.15, 0.2) is 0 Å². The van der Waals surface area contributed by atoms with Gasteiger partial charge >= 0.3 is 0 Å². The summed E-state index contributed by atoms with van der Waals surface area (Å²) in [6.07, 6.45) is 0. The molecule has 0 atom stereocenters. The monoisotopic (exact) mass is 326 g/mol. The summed E-state index contributed by atoms with van der Waals surface area (Å²) in [4.78, 5) is 11.7. The molecule has 0 N–H and O–H groups in total. The molecule has 0 aliphatic rings. The second kappa shape index (κ2) is 6.08. The Kier molecular flexibility index (Phi) is 4.59. The molecule has 0 saturated heterocycles. The first kappa shape index (κ1) is 15.9. The summed E-state index contributed by atoms with van der Waals surface area (Å²) in [7, 11) is 1.55. The van der Waals surface area contributed by atoms with E-state index >= 15 is 0 Å². The lowest BCUT2D eigenvalue weighted by molar-refractivity contribution is 0.107. The predicted octanol–water partition coefficient (Wildman–Crippen LogP) is 4.35. The van der Waals surface area contributed by atoms with Gasteiger partial charge in [-0.2, -0.15) is 5.10 Å². The van der Waals surface area contributed by atoms with E-state index < -0.39 is 5.24 Å². The molecule has 0 bridgehead atoms. The average molecular weight is 327 g/mol. The van der Waals surface area contributed by atoms with Crippen molar-refractivity contribution in [2.75, 3.05) is 7.11 Å². The highest BCUT2D eigenvalue weighted by Gasteiger charge is 2.23. The summed E-state index contributed by atoms with van der Waals surface area (Å²) in [6.45, 7) is 5.75. The van der Waals surface area contributed by atoms with E-state index in [1.807, 2.05) is 19.9 Å². The smallest absolute Gasteiger partial charge is 0.256 e. The number of hydrogen-bond acceptors (Lipinski definition) is 3. The summed E-state index contributed by atoms with van der Waals surface area (Å²) >= 11 is 11.7. The highest BCUT2D eigenvalue weighted by atomic mass is 35.5. The van der Waals surface area contributed by atoms with Gasteiger partial charge in [-0.05, 0) is 36.6 Å². The standard InChI is InChI=1S/C15H16Cl2N2O2/c1-8(2)14-13(15(17)20)9(3)18-19(14)10-5-6-11(16)12(7-10)21-4/h5-8H,1-4H3. The lowest BCUT2D eigenvalue weighted by atomic mass is 10.0. The molecular formula is C15H16Cl2N2O2. The largest absolute Gasteiger partial charge is 0.495 e. The van der Waals surface area contributed by atoms with Crippen LogP contribution in [0.4, 0.5) is 0 Å². The van der Waals surface area contributed by atoms with Crippen LogP contribution in [0.1, 0.15) is 41.5 Å². The Morgan fingerprint density at radius 2 is 2.05 bits per heavy atom. The van der Waals surface area contributed by atoms with Crippen molar-refractivity contribution < 1.29 is 9.53 Å². The highest BCUT2D eigenvalue weighted by molar-refractivity contribution is 6.68. The first-order chi connectivity index (χ1) is 9.86. The fourth-order valence-corrected chi connectivity index (χ4v) is 2.73. The molecule has 0 aliphatic carbocycles. The third kappa shape index (κ3) is 2.92. The van der Waals surface area contributed by atoms with Crippen molar-refractivity contribution in [2.45, 2.75) is 26.7 Å². The topological polar surface area (TPSA) is 44.1 Å². The molecule has 2 rings (SSSR count). The van der Waals surface area contributed by atoms with Gasteiger partial charge in [0.1, 0.15) is 5.75 Å². The van der Waals surface area contributed by atoms with E-state index in [1.165, 1.54) is 0 Å². The lowest BCUT2D eigenvalue weighted by Gasteiger charge is -2.13. The molecule has 1 heterocycles. The number of aromatic nitrogens is 2. The molecule has 2 aromatic rings. The Morgan fingerprint density at radius 1 is 1.38 bits per heavy atom. The van der Waals surface area contributed by atoms with Gasteiger partial charge in [0.05, 0.1) is 34.8 Å². The molecule has 0 saturated carbocycles. The minimum Gasteiger partial charge on any atom is -0.495 e. The molecule has 1 aromatic carbocycles. The molecule has 0 aliphatic heterocycles. The quantitative estimate of drug-likeness (QED) is 0.785. The van der Waals surface area contributed by atoms with Crippen LogP contribution in [0.2, 0.25) is 5.02 Å². The van der Waals surface area contributed by atoms with Crippen molar-refractivity contribution in [1.82, 2.24) is 9.78 Å². The maximum atomic E-state index is 11.7. The Balaban J connectivity index is 2.69. The van der Waals surface area contributed by atoms with Gasteiger partial charge in [0.2, 0.25) is 0 Å². The molecule has 112 valence electrons. The number of halogens is 2. The van der Waals surface area contributed by atoms with Crippen LogP contribution in [0.3, 0.4) is 0 Å². The van der Waals surface area contributed by atoms with Gasteiger partial charge in [0.25, 0.3) is 5.24 Å². The number of benzene rings is 1. The minimum absolute atomic E-state index is 0.0885. The molecule has 0 radical (unpaired) electrons. The zero-order valence-electron chi connectivity index (χ0n) is 12.3. The van der Waals surface area contributed by atoms with Gasteiger partial charge in [-0.15, -0.1) is 0 Å². The van der Waals surface area contributed by atoms with Crippen LogP contribution in [0, 0.1) is 6.92 Å². The fourth-order valence-electron chi connectivity index (χ4n) is 2.30. The lowest BCUT2D eigenvalue weighted by Crippen LogP contribution is -2.07. The molecule has 0 amide bonds. The number of ether oxygens (including phenoxy) is 1.